The lowest BCUT2D eigenvalue weighted by Gasteiger charge is -2.20. The fourth-order valence-electron chi connectivity index (χ4n) is 2.78. The van der Waals surface area contributed by atoms with Crippen molar-refractivity contribution in [2.45, 2.75) is 25.0 Å². The number of benzene rings is 2. The Morgan fingerprint density at radius 3 is 2.34 bits per heavy atom. The molecule has 168 valence electrons. The van der Waals surface area contributed by atoms with Gasteiger partial charge in [-0.2, -0.15) is 0 Å². The van der Waals surface area contributed by atoms with E-state index in [0.717, 1.165) is 17.1 Å². The summed E-state index contributed by atoms with van der Waals surface area (Å²) in [5.41, 5.74) is 7.23. The van der Waals surface area contributed by atoms with Gasteiger partial charge in [-0.25, -0.2) is 0 Å². The molecule has 2 aromatic carbocycles. The summed E-state index contributed by atoms with van der Waals surface area (Å²) in [7, 11) is 3.92. The van der Waals surface area contributed by atoms with Crippen molar-refractivity contribution in [3.8, 4) is 5.69 Å². The Morgan fingerprint density at radius 1 is 1.06 bits per heavy atom. The Kier molecular flexibility index (Phi) is 7.89. The van der Waals surface area contributed by atoms with Crippen molar-refractivity contribution in [1.82, 2.24) is 30.5 Å². The van der Waals surface area contributed by atoms with E-state index in [1.165, 1.54) is 11.8 Å². The molecular weight excluding hydrogens is 448 g/mol. The van der Waals surface area contributed by atoms with Crippen LogP contribution in [0.4, 0.5) is 0 Å². The lowest BCUT2D eigenvalue weighted by atomic mass is 10.1. The zero-order valence-electron chi connectivity index (χ0n) is 18.3. The van der Waals surface area contributed by atoms with Crippen LogP contribution in [-0.4, -0.2) is 51.3 Å². The van der Waals surface area contributed by atoms with Gasteiger partial charge in [-0.3, -0.25) is 29.9 Å². The summed E-state index contributed by atoms with van der Waals surface area (Å²) < 4.78 is 1.91. The van der Waals surface area contributed by atoms with Gasteiger partial charge in [0.1, 0.15) is 0 Å². The Hall–Kier alpha value is -2.88. The van der Waals surface area contributed by atoms with Crippen LogP contribution in [-0.2, 0) is 4.79 Å². The first-order valence-corrected chi connectivity index (χ1v) is 11.3. The minimum atomic E-state index is -0.380. The van der Waals surface area contributed by atoms with Crippen LogP contribution in [0.3, 0.4) is 0 Å². The third-order valence-electron chi connectivity index (χ3n) is 4.85. The minimum Gasteiger partial charge on any atom is -0.300 e. The molecule has 3 rings (SSSR count). The smallest absolute Gasteiger partial charge is 0.269 e. The Balaban J connectivity index is 1.68. The molecule has 0 aliphatic carbocycles. The number of hydrazine groups is 1. The van der Waals surface area contributed by atoms with Gasteiger partial charge in [0.25, 0.3) is 5.91 Å². The summed E-state index contributed by atoms with van der Waals surface area (Å²) >= 11 is 7.27. The van der Waals surface area contributed by atoms with E-state index in [0.29, 0.717) is 15.7 Å². The first-order chi connectivity index (χ1) is 15.3. The number of halogens is 1. The number of carbonyl (C=O) groups excluding carboxylic acids is 2. The molecule has 8 nitrogen and oxygen atoms in total. The van der Waals surface area contributed by atoms with Crippen molar-refractivity contribution in [2.75, 3.05) is 19.8 Å². The minimum absolute atomic E-state index is 0.00449. The number of aromatic nitrogens is 3. The second kappa shape index (κ2) is 10.6. The zero-order chi connectivity index (χ0) is 23.3. The Bertz CT molecular complexity index is 1080. The van der Waals surface area contributed by atoms with Gasteiger partial charge in [-0.05, 0) is 64.3 Å². The SMILES string of the molecule is Cc1ccc(C(=O)NNC(=O)CSc2nnc([C@H](C)N(C)C)n2-c2ccc(Cl)cc2)cc1. The van der Waals surface area contributed by atoms with Crippen LogP contribution in [0.2, 0.25) is 5.02 Å². The van der Waals surface area contributed by atoms with Crippen molar-refractivity contribution in [1.29, 1.82) is 0 Å². The number of carbonyl (C=O) groups is 2. The van der Waals surface area contributed by atoms with Crippen LogP contribution in [0.15, 0.2) is 53.7 Å². The van der Waals surface area contributed by atoms with Crippen molar-refractivity contribution in [3.05, 3.63) is 70.5 Å². The van der Waals surface area contributed by atoms with Gasteiger partial charge < -0.3 is 0 Å². The topological polar surface area (TPSA) is 92.2 Å². The number of nitrogens with one attached hydrogen (secondary N) is 2. The van der Waals surface area contributed by atoms with Crippen LogP contribution in [0.25, 0.3) is 5.69 Å². The third-order valence-corrected chi connectivity index (χ3v) is 6.03. The summed E-state index contributed by atoms with van der Waals surface area (Å²) in [6.07, 6.45) is 0. The molecule has 32 heavy (non-hydrogen) atoms. The van der Waals surface area contributed by atoms with Gasteiger partial charge in [-0.15, -0.1) is 10.2 Å². The molecule has 0 aliphatic rings. The highest BCUT2D eigenvalue weighted by molar-refractivity contribution is 7.99. The van der Waals surface area contributed by atoms with Crippen LogP contribution < -0.4 is 10.9 Å². The van der Waals surface area contributed by atoms with Gasteiger partial charge in [0, 0.05) is 16.3 Å². The number of hydrogen-bond acceptors (Lipinski definition) is 6. The van der Waals surface area contributed by atoms with Gasteiger partial charge in [0.15, 0.2) is 11.0 Å². The van der Waals surface area contributed by atoms with Gasteiger partial charge in [0.05, 0.1) is 11.8 Å². The molecule has 10 heteroatoms. The first kappa shape index (κ1) is 23.8. The molecule has 1 heterocycles. The maximum absolute atomic E-state index is 12.3. The van der Waals surface area contributed by atoms with Crippen LogP contribution in [0.1, 0.15) is 34.7 Å². The molecule has 0 bridgehead atoms. The summed E-state index contributed by atoms with van der Waals surface area (Å²) in [6.45, 7) is 3.96. The summed E-state index contributed by atoms with van der Waals surface area (Å²) in [4.78, 5) is 26.5. The average molecular weight is 473 g/mol. The molecule has 2 amide bonds. The number of nitrogens with zero attached hydrogens (tertiary/aromatic N) is 4. The van der Waals surface area contributed by atoms with Gasteiger partial charge in [0.2, 0.25) is 5.91 Å². The molecule has 2 N–H and O–H groups in total. The molecule has 3 aromatic rings. The summed E-state index contributed by atoms with van der Waals surface area (Å²) in [5.74, 6) is 0.0574. The van der Waals surface area contributed by atoms with Crippen molar-refractivity contribution < 1.29 is 9.59 Å². The maximum Gasteiger partial charge on any atom is 0.269 e. The molecule has 0 radical (unpaired) electrons. The fourth-order valence-corrected chi connectivity index (χ4v) is 3.66. The van der Waals surface area contributed by atoms with Gasteiger partial charge >= 0.3 is 0 Å². The van der Waals surface area contributed by atoms with Crippen molar-refractivity contribution in [3.63, 3.8) is 0 Å². The second-order valence-corrected chi connectivity index (χ2v) is 8.83. The molecule has 0 saturated heterocycles. The molecule has 0 saturated carbocycles. The molecule has 1 aromatic heterocycles. The standard InChI is InChI=1S/C22H25ClN6O2S/c1-14-5-7-16(8-6-14)21(31)26-24-19(30)13-32-22-27-25-20(15(2)28(3)4)29(22)18-11-9-17(23)10-12-18/h5-12,15H,13H2,1-4H3,(H,24,30)(H,26,31)/t15-/m0/s1. The number of thioether (sulfide) groups is 1. The van der Waals surface area contributed by atoms with E-state index in [2.05, 4.69) is 21.0 Å². The van der Waals surface area contributed by atoms with Crippen molar-refractivity contribution in [2.24, 2.45) is 0 Å². The van der Waals surface area contributed by atoms with Crippen LogP contribution >= 0.6 is 23.4 Å². The average Bonchev–Trinajstić information content (AvgIpc) is 3.20. The number of aryl methyl sites for hydroxylation is 1. The zero-order valence-corrected chi connectivity index (χ0v) is 19.9. The van der Waals surface area contributed by atoms with Crippen molar-refractivity contribution >= 4 is 35.2 Å². The first-order valence-electron chi connectivity index (χ1n) is 9.92. The molecular formula is C22H25ClN6O2S. The number of amides is 2. The molecule has 0 aliphatic heterocycles. The van der Waals surface area contributed by atoms with Crippen LogP contribution in [0, 0.1) is 6.92 Å². The van der Waals surface area contributed by atoms with E-state index in [1.54, 1.807) is 24.3 Å². The monoisotopic (exact) mass is 472 g/mol. The fraction of sp³-hybridized carbons (Fsp3) is 0.273. The lowest BCUT2D eigenvalue weighted by molar-refractivity contribution is -0.119. The summed E-state index contributed by atoms with van der Waals surface area (Å²) in [6, 6.07) is 14.4. The van der Waals surface area contributed by atoms with Gasteiger partial charge in [-0.1, -0.05) is 41.1 Å². The highest BCUT2D eigenvalue weighted by atomic mass is 35.5. The molecule has 0 fully saturated rings. The van der Waals surface area contributed by atoms with E-state index in [-0.39, 0.29) is 23.6 Å². The summed E-state index contributed by atoms with van der Waals surface area (Å²) in [5, 5.41) is 9.83. The normalized spacial score (nSPS) is 11.9. The lowest BCUT2D eigenvalue weighted by Crippen LogP contribution is -2.42. The predicted octanol–water partition coefficient (Wildman–Crippen LogP) is 3.41. The quantitative estimate of drug-likeness (QED) is 0.404. The Morgan fingerprint density at radius 2 is 1.72 bits per heavy atom. The number of rotatable bonds is 7. The highest BCUT2D eigenvalue weighted by Gasteiger charge is 2.21. The Labute approximate surface area is 196 Å². The van der Waals surface area contributed by atoms with E-state index in [4.69, 9.17) is 11.6 Å². The largest absolute Gasteiger partial charge is 0.300 e. The van der Waals surface area contributed by atoms with E-state index >= 15 is 0 Å². The van der Waals surface area contributed by atoms with E-state index < -0.39 is 0 Å². The molecule has 0 unspecified atom stereocenters. The second-order valence-electron chi connectivity index (χ2n) is 7.45. The maximum atomic E-state index is 12.3. The molecule has 1 atom stereocenters. The van der Waals surface area contributed by atoms with E-state index in [9.17, 15) is 9.59 Å². The van der Waals surface area contributed by atoms with Crippen LogP contribution in [0.5, 0.6) is 0 Å². The number of hydrogen-bond donors (Lipinski definition) is 2. The predicted molar refractivity (Wildman–Crippen MR) is 126 cm³/mol. The third kappa shape index (κ3) is 5.87. The van der Waals surface area contributed by atoms with E-state index in [1.807, 2.05) is 61.7 Å². The molecule has 0 spiro atoms. The highest BCUT2D eigenvalue weighted by Crippen LogP contribution is 2.27.